The van der Waals surface area contributed by atoms with Gasteiger partial charge in [-0.25, -0.2) is 0 Å². The summed E-state index contributed by atoms with van der Waals surface area (Å²) in [6.07, 6.45) is 3.63. The molecule has 0 atom stereocenters. The van der Waals surface area contributed by atoms with Gasteiger partial charge in [0.25, 0.3) is 5.91 Å². The number of hydrogen-bond acceptors (Lipinski definition) is 3. The van der Waals surface area contributed by atoms with Gasteiger partial charge in [0.05, 0.1) is 0 Å². The van der Waals surface area contributed by atoms with Gasteiger partial charge in [0.2, 0.25) is 0 Å². The smallest absolute Gasteiger partial charge is 0.255 e. The van der Waals surface area contributed by atoms with Crippen LogP contribution in [-0.4, -0.2) is 41.9 Å². The number of carbonyl (C=O) groups is 1. The van der Waals surface area contributed by atoms with Crippen molar-refractivity contribution in [1.29, 1.82) is 0 Å². The minimum Gasteiger partial charge on any atom is -0.329 e. The number of piperazine rings is 1. The first-order valence-electron chi connectivity index (χ1n) is 10.9. The topological polar surface area (TPSA) is 35.6 Å². The Kier molecular flexibility index (Phi) is 7.27. The summed E-state index contributed by atoms with van der Waals surface area (Å²) in [6.45, 7) is 6.43. The van der Waals surface area contributed by atoms with Crippen LogP contribution in [-0.2, 0) is 13.1 Å². The second kappa shape index (κ2) is 10.7. The van der Waals surface area contributed by atoms with Crippen LogP contribution in [0.1, 0.15) is 27.0 Å². The second-order valence-corrected chi connectivity index (χ2v) is 7.95. The van der Waals surface area contributed by atoms with Crippen molar-refractivity contribution < 1.29 is 4.79 Å². The van der Waals surface area contributed by atoms with E-state index in [1.165, 1.54) is 11.1 Å². The van der Waals surface area contributed by atoms with Crippen LogP contribution in [0.4, 0.5) is 0 Å². The minimum atomic E-state index is -0.0973. The molecule has 1 amide bonds. The van der Waals surface area contributed by atoms with Crippen LogP contribution >= 0.6 is 0 Å². The van der Waals surface area contributed by atoms with Gasteiger partial charge in [0.1, 0.15) is 0 Å². The van der Waals surface area contributed by atoms with E-state index in [1.54, 1.807) is 18.3 Å². The molecular formula is C27H29N3O. The third kappa shape index (κ3) is 6.38. The summed E-state index contributed by atoms with van der Waals surface area (Å²) >= 11 is 0. The molecule has 0 unspecified atom stereocenters. The Bertz CT molecular complexity index is 976. The number of nitrogens with one attached hydrogen (secondary N) is 1. The van der Waals surface area contributed by atoms with Crippen molar-refractivity contribution >= 4 is 12.0 Å². The SMILES string of the molecule is O=C(N/C=C/c1ccc(CN2CCN(Cc3ccccc3)CC2)cc1)c1ccccc1. The maximum absolute atomic E-state index is 12.1. The van der Waals surface area contributed by atoms with Crippen LogP contribution in [0.5, 0.6) is 0 Å². The highest BCUT2D eigenvalue weighted by atomic mass is 16.1. The average molecular weight is 412 g/mol. The monoisotopic (exact) mass is 411 g/mol. The quantitative estimate of drug-likeness (QED) is 0.626. The molecule has 4 rings (SSSR count). The van der Waals surface area contributed by atoms with Crippen molar-refractivity contribution in [3.05, 3.63) is 113 Å². The van der Waals surface area contributed by atoms with Crippen LogP contribution in [0.25, 0.3) is 6.08 Å². The fraction of sp³-hybridized carbons (Fsp3) is 0.222. The van der Waals surface area contributed by atoms with Gasteiger partial charge in [-0.1, -0.05) is 72.8 Å². The molecule has 31 heavy (non-hydrogen) atoms. The molecule has 3 aromatic rings. The lowest BCUT2D eigenvalue weighted by atomic mass is 10.1. The summed E-state index contributed by atoms with van der Waals surface area (Å²) in [6, 6.07) is 28.5. The van der Waals surface area contributed by atoms with Crippen LogP contribution in [0.15, 0.2) is 91.1 Å². The molecule has 0 radical (unpaired) electrons. The van der Waals surface area contributed by atoms with Crippen molar-refractivity contribution in [3.63, 3.8) is 0 Å². The first-order valence-corrected chi connectivity index (χ1v) is 10.9. The van der Waals surface area contributed by atoms with Gasteiger partial charge >= 0.3 is 0 Å². The van der Waals surface area contributed by atoms with Crippen molar-refractivity contribution in [2.75, 3.05) is 26.2 Å². The molecule has 0 saturated carbocycles. The van der Waals surface area contributed by atoms with Crippen molar-refractivity contribution in [2.24, 2.45) is 0 Å². The Balaban J connectivity index is 1.21. The molecule has 4 heteroatoms. The Morgan fingerprint density at radius 3 is 1.81 bits per heavy atom. The van der Waals surface area contributed by atoms with Crippen LogP contribution in [0.2, 0.25) is 0 Å². The summed E-state index contributed by atoms with van der Waals surface area (Å²) in [5.41, 5.74) is 4.44. The lowest BCUT2D eigenvalue weighted by molar-refractivity contribution is 0.0970. The van der Waals surface area contributed by atoms with Crippen molar-refractivity contribution in [3.8, 4) is 0 Å². The normalized spacial score (nSPS) is 15.2. The van der Waals surface area contributed by atoms with E-state index < -0.39 is 0 Å². The first kappa shape index (κ1) is 21.0. The summed E-state index contributed by atoms with van der Waals surface area (Å²) in [5.74, 6) is -0.0973. The predicted molar refractivity (Wildman–Crippen MR) is 126 cm³/mol. The number of amides is 1. The van der Waals surface area contributed by atoms with Gasteiger partial charge < -0.3 is 5.32 Å². The van der Waals surface area contributed by atoms with Crippen molar-refractivity contribution in [2.45, 2.75) is 13.1 Å². The number of rotatable bonds is 7. The van der Waals surface area contributed by atoms with Gasteiger partial charge in [-0.2, -0.15) is 0 Å². The van der Waals surface area contributed by atoms with Gasteiger partial charge in [0.15, 0.2) is 0 Å². The fourth-order valence-corrected chi connectivity index (χ4v) is 3.83. The van der Waals surface area contributed by atoms with Crippen molar-refractivity contribution in [1.82, 2.24) is 15.1 Å². The fourth-order valence-electron chi connectivity index (χ4n) is 3.83. The van der Waals surface area contributed by atoms with E-state index in [4.69, 9.17) is 0 Å². The molecule has 1 saturated heterocycles. The molecule has 3 aromatic carbocycles. The van der Waals surface area contributed by atoms with E-state index in [1.807, 2.05) is 24.3 Å². The third-order valence-corrected chi connectivity index (χ3v) is 5.63. The van der Waals surface area contributed by atoms with E-state index in [9.17, 15) is 4.79 Å². The Hall–Kier alpha value is -3.21. The van der Waals surface area contributed by atoms with E-state index in [0.717, 1.165) is 44.8 Å². The Morgan fingerprint density at radius 1 is 0.710 bits per heavy atom. The molecule has 0 aliphatic carbocycles. The Morgan fingerprint density at radius 2 is 1.23 bits per heavy atom. The number of benzene rings is 3. The van der Waals surface area contributed by atoms with Gasteiger partial charge in [-0.05, 0) is 34.9 Å². The molecule has 0 spiro atoms. The molecule has 1 fully saturated rings. The maximum Gasteiger partial charge on any atom is 0.255 e. The van der Waals surface area contributed by atoms with Gasteiger partial charge in [-0.15, -0.1) is 0 Å². The van der Waals surface area contributed by atoms with E-state index in [2.05, 4.69) is 69.7 Å². The van der Waals surface area contributed by atoms with Crippen LogP contribution < -0.4 is 5.32 Å². The molecule has 4 nitrogen and oxygen atoms in total. The zero-order chi connectivity index (χ0) is 21.3. The Labute approximate surface area is 184 Å². The molecule has 1 aliphatic rings. The highest BCUT2D eigenvalue weighted by molar-refractivity contribution is 5.95. The van der Waals surface area contributed by atoms with Gasteiger partial charge in [0, 0.05) is 51.0 Å². The van der Waals surface area contributed by atoms with Crippen LogP contribution in [0.3, 0.4) is 0 Å². The van der Waals surface area contributed by atoms with E-state index >= 15 is 0 Å². The van der Waals surface area contributed by atoms with E-state index in [-0.39, 0.29) is 5.91 Å². The summed E-state index contributed by atoms with van der Waals surface area (Å²) in [7, 11) is 0. The number of carbonyl (C=O) groups excluding carboxylic acids is 1. The minimum absolute atomic E-state index is 0.0973. The summed E-state index contributed by atoms with van der Waals surface area (Å²) < 4.78 is 0. The number of hydrogen-bond donors (Lipinski definition) is 1. The highest BCUT2D eigenvalue weighted by Crippen LogP contribution is 2.13. The lowest BCUT2D eigenvalue weighted by Crippen LogP contribution is -2.45. The molecule has 1 heterocycles. The van der Waals surface area contributed by atoms with E-state index in [0.29, 0.717) is 5.56 Å². The molecule has 158 valence electrons. The predicted octanol–water partition coefficient (Wildman–Crippen LogP) is 4.41. The molecular weight excluding hydrogens is 382 g/mol. The maximum atomic E-state index is 12.1. The second-order valence-electron chi connectivity index (χ2n) is 7.95. The zero-order valence-corrected chi connectivity index (χ0v) is 17.8. The largest absolute Gasteiger partial charge is 0.329 e. The standard InChI is InChI=1S/C27H29N3O/c31-27(26-9-5-2-6-10-26)28-16-15-23-11-13-25(14-12-23)22-30-19-17-29(18-20-30)21-24-7-3-1-4-8-24/h1-16H,17-22H2,(H,28,31)/b16-15+. The zero-order valence-electron chi connectivity index (χ0n) is 17.8. The summed E-state index contributed by atoms with van der Waals surface area (Å²) in [4.78, 5) is 17.1. The highest BCUT2D eigenvalue weighted by Gasteiger charge is 2.16. The number of nitrogens with zero attached hydrogens (tertiary/aromatic N) is 2. The molecule has 0 aromatic heterocycles. The molecule has 0 bridgehead atoms. The average Bonchev–Trinajstić information content (AvgIpc) is 2.83. The third-order valence-electron chi connectivity index (χ3n) is 5.63. The van der Waals surface area contributed by atoms with Gasteiger partial charge in [-0.3, -0.25) is 14.6 Å². The molecule has 1 aliphatic heterocycles. The summed E-state index contributed by atoms with van der Waals surface area (Å²) in [5, 5.41) is 2.82. The van der Waals surface area contributed by atoms with Crippen LogP contribution in [0, 0.1) is 0 Å². The lowest BCUT2D eigenvalue weighted by Gasteiger charge is -2.34. The molecule has 1 N–H and O–H groups in total. The first-order chi connectivity index (χ1) is 15.3.